The van der Waals surface area contributed by atoms with Crippen molar-refractivity contribution >= 4 is 27.7 Å². The minimum Gasteiger partial charge on any atom is -0.346 e. The Morgan fingerprint density at radius 3 is 2.53 bits per heavy atom. The van der Waals surface area contributed by atoms with Crippen molar-refractivity contribution in [2.45, 2.75) is 6.92 Å². The van der Waals surface area contributed by atoms with Gasteiger partial charge in [0.2, 0.25) is 5.12 Å². The zero-order valence-corrected chi connectivity index (χ0v) is 9.54. The molecular weight excluding hydrogens is 208 g/mol. The highest BCUT2D eigenvalue weighted by Crippen LogP contribution is 2.22. The van der Waals surface area contributed by atoms with E-state index in [0.717, 1.165) is 10.9 Å². The van der Waals surface area contributed by atoms with Crippen molar-refractivity contribution in [3.8, 4) is 0 Å². The third kappa shape index (κ3) is 2.39. The monoisotopic (exact) mass is 220 g/mol. The molecule has 1 aliphatic rings. The Hall–Kier alpha value is -1.29. The molecule has 78 valence electrons. The molecule has 3 nitrogen and oxygen atoms in total. The highest BCUT2D eigenvalue weighted by atomic mass is 32.2. The Kier molecular flexibility index (Phi) is 2.77. The molecule has 0 amide bonds. The van der Waals surface area contributed by atoms with E-state index >= 15 is 0 Å². The normalized spacial score (nSPS) is 18.9. The van der Waals surface area contributed by atoms with Gasteiger partial charge in [-0.2, -0.15) is 0 Å². The molecule has 0 unspecified atom stereocenters. The van der Waals surface area contributed by atoms with Crippen LogP contribution in [0.1, 0.15) is 5.56 Å². The van der Waals surface area contributed by atoms with Gasteiger partial charge in [-0.1, -0.05) is 17.7 Å². The van der Waals surface area contributed by atoms with Crippen LogP contribution in [0.25, 0.3) is 0 Å². The molecule has 0 radical (unpaired) electrons. The van der Waals surface area contributed by atoms with E-state index in [1.54, 1.807) is 0 Å². The van der Waals surface area contributed by atoms with Crippen molar-refractivity contribution in [1.29, 1.82) is 0 Å². The molecule has 1 aromatic rings. The number of aryl methyl sites for hydroxylation is 1. The van der Waals surface area contributed by atoms with Crippen LogP contribution in [0.15, 0.2) is 29.3 Å². The predicted molar refractivity (Wildman–Crippen MR) is 63.5 cm³/mol. The maximum absolute atomic E-state index is 11.1. The maximum Gasteiger partial charge on any atom is 0.215 e. The summed E-state index contributed by atoms with van der Waals surface area (Å²) in [6.45, 7) is 2.49. The van der Waals surface area contributed by atoms with Crippen molar-refractivity contribution in [2.75, 3.05) is 13.6 Å². The van der Waals surface area contributed by atoms with Gasteiger partial charge in [-0.25, -0.2) is 4.99 Å². The summed E-state index contributed by atoms with van der Waals surface area (Å²) in [6.07, 6.45) is 0. The van der Waals surface area contributed by atoms with Gasteiger partial charge in [0.1, 0.15) is 0 Å². The van der Waals surface area contributed by atoms with Crippen LogP contribution < -0.4 is 0 Å². The average molecular weight is 220 g/mol. The Bertz CT molecular complexity index is 411. The summed E-state index contributed by atoms with van der Waals surface area (Å²) >= 11 is 1.21. The molecule has 1 saturated heterocycles. The van der Waals surface area contributed by atoms with Crippen LogP contribution in [0.5, 0.6) is 0 Å². The largest absolute Gasteiger partial charge is 0.346 e. The van der Waals surface area contributed by atoms with Gasteiger partial charge in [0, 0.05) is 7.05 Å². The van der Waals surface area contributed by atoms with Gasteiger partial charge in [-0.05, 0) is 30.8 Å². The zero-order chi connectivity index (χ0) is 10.8. The average Bonchev–Trinajstić information content (AvgIpc) is 2.49. The van der Waals surface area contributed by atoms with Crippen LogP contribution in [-0.4, -0.2) is 28.8 Å². The maximum atomic E-state index is 11.1. The second-order valence-corrected chi connectivity index (χ2v) is 4.58. The van der Waals surface area contributed by atoms with Gasteiger partial charge in [0.25, 0.3) is 0 Å². The first-order chi connectivity index (χ1) is 7.15. The number of amidine groups is 1. The number of carbonyl (C=O) groups is 1. The number of thioether (sulfide) groups is 1. The fraction of sp³-hybridized carbons (Fsp3) is 0.273. The standard InChI is InChI=1S/C11H12N2OS/c1-8-3-5-9(6-4-8)12-11-13(2)7-10(14)15-11/h3-6H,7H2,1-2H3. The number of likely N-dealkylation sites (N-methyl/N-ethyl adjacent to an activating group) is 1. The highest BCUT2D eigenvalue weighted by molar-refractivity contribution is 8.26. The third-order valence-electron chi connectivity index (χ3n) is 2.16. The quantitative estimate of drug-likeness (QED) is 0.727. The summed E-state index contributed by atoms with van der Waals surface area (Å²) < 4.78 is 0. The Labute approximate surface area is 93.2 Å². The van der Waals surface area contributed by atoms with Gasteiger partial charge in [-0.3, -0.25) is 4.79 Å². The Balaban J connectivity index is 2.23. The number of aliphatic imine (C=N–C) groups is 1. The van der Waals surface area contributed by atoms with E-state index in [-0.39, 0.29) is 5.12 Å². The van der Waals surface area contributed by atoms with Crippen molar-refractivity contribution < 1.29 is 4.79 Å². The number of rotatable bonds is 1. The molecule has 0 bridgehead atoms. The lowest BCUT2D eigenvalue weighted by molar-refractivity contribution is -0.110. The minimum atomic E-state index is 0.156. The van der Waals surface area contributed by atoms with Gasteiger partial charge in [0.15, 0.2) is 5.17 Å². The molecule has 0 atom stereocenters. The first kappa shape index (κ1) is 10.2. The van der Waals surface area contributed by atoms with Gasteiger partial charge in [-0.15, -0.1) is 0 Å². The molecule has 4 heteroatoms. The summed E-state index contributed by atoms with van der Waals surface area (Å²) in [5.74, 6) is 0. The molecule has 1 heterocycles. The molecule has 0 aromatic heterocycles. The lowest BCUT2D eigenvalue weighted by atomic mass is 10.2. The van der Waals surface area contributed by atoms with Crippen LogP contribution >= 0.6 is 11.8 Å². The van der Waals surface area contributed by atoms with E-state index in [1.165, 1.54) is 17.3 Å². The van der Waals surface area contributed by atoms with Gasteiger partial charge >= 0.3 is 0 Å². The van der Waals surface area contributed by atoms with Crippen LogP contribution in [-0.2, 0) is 4.79 Å². The van der Waals surface area contributed by atoms with Crippen molar-refractivity contribution in [3.63, 3.8) is 0 Å². The molecule has 0 N–H and O–H groups in total. The summed E-state index contributed by atoms with van der Waals surface area (Å²) in [4.78, 5) is 17.4. The van der Waals surface area contributed by atoms with Crippen LogP contribution in [0, 0.1) is 6.92 Å². The van der Waals surface area contributed by atoms with Crippen LogP contribution in [0.4, 0.5) is 5.69 Å². The summed E-state index contributed by atoms with van der Waals surface area (Å²) in [7, 11) is 1.88. The fourth-order valence-corrected chi connectivity index (χ4v) is 2.14. The minimum absolute atomic E-state index is 0.156. The predicted octanol–water partition coefficient (Wildman–Crippen LogP) is 2.19. The molecule has 0 spiro atoms. The van der Waals surface area contributed by atoms with E-state index in [4.69, 9.17) is 0 Å². The van der Waals surface area contributed by atoms with E-state index in [2.05, 4.69) is 4.99 Å². The highest BCUT2D eigenvalue weighted by Gasteiger charge is 2.23. The van der Waals surface area contributed by atoms with E-state index in [1.807, 2.05) is 43.1 Å². The van der Waals surface area contributed by atoms with Crippen LogP contribution in [0.3, 0.4) is 0 Å². The van der Waals surface area contributed by atoms with E-state index in [9.17, 15) is 4.79 Å². The first-order valence-corrected chi connectivity index (χ1v) is 5.54. The molecular formula is C11H12N2OS. The van der Waals surface area contributed by atoms with Gasteiger partial charge < -0.3 is 4.90 Å². The number of carbonyl (C=O) groups excluding carboxylic acids is 1. The van der Waals surface area contributed by atoms with Crippen molar-refractivity contribution in [1.82, 2.24) is 4.90 Å². The van der Waals surface area contributed by atoms with Crippen molar-refractivity contribution in [2.24, 2.45) is 4.99 Å². The van der Waals surface area contributed by atoms with Crippen LogP contribution in [0.2, 0.25) is 0 Å². The van der Waals surface area contributed by atoms with Gasteiger partial charge in [0.05, 0.1) is 12.2 Å². The topological polar surface area (TPSA) is 32.7 Å². The second-order valence-electron chi connectivity index (χ2n) is 3.56. The number of hydrogen-bond acceptors (Lipinski definition) is 3. The molecule has 2 rings (SSSR count). The van der Waals surface area contributed by atoms with E-state index < -0.39 is 0 Å². The number of benzene rings is 1. The summed E-state index contributed by atoms with van der Waals surface area (Å²) in [6, 6.07) is 7.95. The Morgan fingerprint density at radius 1 is 1.33 bits per heavy atom. The first-order valence-electron chi connectivity index (χ1n) is 4.72. The lowest BCUT2D eigenvalue weighted by Crippen LogP contribution is -2.18. The zero-order valence-electron chi connectivity index (χ0n) is 8.73. The molecule has 15 heavy (non-hydrogen) atoms. The fourth-order valence-electron chi connectivity index (χ4n) is 1.31. The lowest BCUT2D eigenvalue weighted by Gasteiger charge is -2.07. The summed E-state index contributed by atoms with van der Waals surface area (Å²) in [5, 5.41) is 0.937. The number of hydrogen-bond donors (Lipinski definition) is 0. The molecule has 1 fully saturated rings. The third-order valence-corrected chi connectivity index (χ3v) is 3.10. The molecule has 1 aromatic carbocycles. The smallest absolute Gasteiger partial charge is 0.215 e. The van der Waals surface area contributed by atoms with E-state index in [0.29, 0.717) is 6.54 Å². The Morgan fingerprint density at radius 2 is 2.00 bits per heavy atom. The molecule has 0 aliphatic carbocycles. The van der Waals surface area contributed by atoms with Crippen molar-refractivity contribution in [3.05, 3.63) is 29.8 Å². The summed E-state index contributed by atoms with van der Waals surface area (Å²) in [5.41, 5.74) is 2.10. The SMILES string of the molecule is Cc1ccc(N=C2SC(=O)CN2C)cc1. The second kappa shape index (κ2) is 4.06. The molecule has 1 aliphatic heterocycles. The molecule has 0 saturated carbocycles. The number of nitrogens with zero attached hydrogens (tertiary/aromatic N) is 2.